The maximum Gasteiger partial charge on any atom is 0.250 e. The van der Waals surface area contributed by atoms with Gasteiger partial charge in [0, 0.05) is 63.0 Å². The summed E-state index contributed by atoms with van der Waals surface area (Å²) in [4.78, 5) is 17.7. The van der Waals surface area contributed by atoms with E-state index in [2.05, 4.69) is 26.5 Å². The van der Waals surface area contributed by atoms with Gasteiger partial charge in [0.15, 0.2) is 5.11 Å². The molecule has 2 N–H and O–H groups in total. The third kappa shape index (κ3) is 4.55. The molecule has 5 aliphatic rings. The molecule has 0 saturated carbocycles. The Kier molecular flexibility index (Phi) is 6.22. The molecule has 182 valence electrons. The number of furan rings is 1. The lowest BCUT2D eigenvalue weighted by molar-refractivity contribution is -0.0189. The van der Waals surface area contributed by atoms with Gasteiger partial charge >= 0.3 is 0 Å². The summed E-state index contributed by atoms with van der Waals surface area (Å²) in [6.45, 7) is 8.28. The van der Waals surface area contributed by atoms with Crippen LogP contribution in [0.4, 0.5) is 0 Å². The fourth-order valence-corrected chi connectivity index (χ4v) is 7.15. The smallest absolute Gasteiger partial charge is 0.250 e. The predicted octanol–water partition coefficient (Wildman–Crippen LogP) is 2.24. The standard InChI is InChI=1S/C26H35N5O2S/c32-25-5-1-4-24-20-9-18(14-31(24)25)13-29(15-20)16-21-17-30-7-6-19(21)10-22(30)11-27-26(34)28-12-23-3-2-8-33-23/h1-5,8,18-22H,6-7,9-17H2,(H2,27,28,34). The molecule has 4 bridgehead atoms. The van der Waals surface area contributed by atoms with Crippen molar-refractivity contribution in [2.24, 2.45) is 17.8 Å². The van der Waals surface area contributed by atoms with Crippen LogP contribution < -0.4 is 16.2 Å². The highest BCUT2D eigenvalue weighted by Gasteiger charge is 2.42. The fraction of sp³-hybridized carbons (Fsp3) is 0.615. The van der Waals surface area contributed by atoms with Crippen molar-refractivity contribution in [1.29, 1.82) is 0 Å². The molecule has 6 atom stereocenters. The van der Waals surface area contributed by atoms with E-state index in [1.807, 2.05) is 22.8 Å². The number of aromatic nitrogens is 1. The third-order valence-electron chi connectivity index (χ3n) is 8.56. The van der Waals surface area contributed by atoms with Gasteiger partial charge in [0.25, 0.3) is 5.56 Å². The molecule has 7 heterocycles. The van der Waals surface area contributed by atoms with Crippen LogP contribution in [-0.4, -0.2) is 64.8 Å². The van der Waals surface area contributed by atoms with Crippen molar-refractivity contribution in [3.05, 3.63) is 58.4 Å². The summed E-state index contributed by atoms with van der Waals surface area (Å²) in [6.07, 6.45) is 5.51. The van der Waals surface area contributed by atoms with Gasteiger partial charge < -0.3 is 24.5 Å². The molecule has 5 aliphatic heterocycles. The second-order valence-electron chi connectivity index (χ2n) is 10.8. The van der Waals surface area contributed by atoms with Crippen molar-refractivity contribution in [1.82, 2.24) is 25.0 Å². The van der Waals surface area contributed by atoms with Crippen LogP contribution in [0.15, 0.2) is 45.8 Å². The first-order valence-electron chi connectivity index (χ1n) is 12.8. The SMILES string of the molecule is O=c1cccc2n1CC1CC2CN(CC2CN3CCC2CC3CNC(=S)NCc2ccco2)C1. The van der Waals surface area contributed by atoms with Gasteiger partial charge in [-0.2, -0.15) is 0 Å². The van der Waals surface area contributed by atoms with Crippen molar-refractivity contribution in [2.75, 3.05) is 39.3 Å². The van der Waals surface area contributed by atoms with E-state index in [1.54, 1.807) is 12.3 Å². The van der Waals surface area contributed by atoms with Crippen LogP contribution in [0.5, 0.6) is 0 Å². The minimum absolute atomic E-state index is 0.174. The Morgan fingerprint density at radius 1 is 1.09 bits per heavy atom. The summed E-state index contributed by atoms with van der Waals surface area (Å²) in [6, 6.07) is 10.2. The molecule has 6 unspecified atom stereocenters. The van der Waals surface area contributed by atoms with Crippen LogP contribution in [0.25, 0.3) is 0 Å². The minimum Gasteiger partial charge on any atom is -0.467 e. The van der Waals surface area contributed by atoms with Crippen molar-refractivity contribution in [3.8, 4) is 0 Å². The Morgan fingerprint density at radius 3 is 2.85 bits per heavy atom. The van der Waals surface area contributed by atoms with Crippen molar-refractivity contribution < 1.29 is 4.42 Å². The normalized spacial score (nSPS) is 32.2. The Bertz CT molecular complexity index is 1070. The van der Waals surface area contributed by atoms with Crippen LogP contribution >= 0.6 is 12.2 Å². The second kappa shape index (κ2) is 9.47. The average molecular weight is 482 g/mol. The molecule has 0 aliphatic carbocycles. The lowest BCUT2D eigenvalue weighted by Crippen LogP contribution is -2.59. The monoisotopic (exact) mass is 481 g/mol. The van der Waals surface area contributed by atoms with E-state index in [9.17, 15) is 4.79 Å². The number of nitrogens with one attached hydrogen (secondary N) is 2. The zero-order valence-corrected chi connectivity index (χ0v) is 20.5. The molecule has 2 aromatic rings. The quantitative estimate of drug-likeness (QED) is 0.614. The maximum absolute atomic E-state index is 12.3. The maximum atomic E-state index is 12.3. The summed E-state index contributed by atoms with van der Waals surface area (Å²) in [5.41, 5.74) is 1.43. The van der Waals surface area contributed by atoms with E-state index in [0.717, 1.165) is 43.8 Å². The molecule has 0 radical (unpaired) electrons. The van der Waals surface area contributed by atoms with Gasteiger partial charge in [-0.1, -0.05) is 6.07 Å². The molecule has 7 rings (SSSR count). The van der Waals surface area contributed by atoms with E-state index in [1.165, 1.54) is 44.6 Å². The predicted molar refractivity (Wildman–Crippen MR) is 136 cm³/mol. The summed E-state index contributed by atoms with van der Waals surface area (Å²) in [5.74, 6) is 3.57. The first-order chi connectivity index (χ1) is 16.6. The van der Waals surface area contributed by atoms with Crippen LogP contribution in [0, 0.1) is 17.8 Å². The highest BCUT2D eigenvalue weighted by molar-refractivity contribution is 7.80. The highest BCUT2D eigenvalue weighted by Crippen LogP contribution is 2.39. The van der Waals surface area contributed by atoms with E-state index in [-0.39, 0.29) is 5.56 Å². The van der Waals surface area contributed by atoms with Gasteiger partial charge in [-0.05, 0) is 74.0 Å². The summed E-state index contributed by atoms with van der Waals surface area (Å²) in [7, 11) is 0. The number of likely N-dealkylation sites (tertiary alicyclic amines) is 1. The van der Waals surface area contributed by atoms with Gasteiger partial charge in [0.2, 0.25) is 0 Å². The molecule has 0 spiro atoms. The van der Waals surface area contributed by atoms with Gasteiger partial charge in [-0.25, -0.2) is 0 Å². The topological polar surface area (TPSA) is 65.7 Å². The summed E-state index contributed by atoms with van der Waals surface area (Å²) < 4.78 is 7.40. The summed E-state index contributed by atoms with van der Waals surface area (Å²) in [5, 5.41) is 7.38. The average Bonchev–Trinajstić information content (AvgIpc) is 3.37. The number of nitrogens with zero attached hydrogens (tertiary/aromatic N) is 3. The van der Waals surface area contributed by atoms with E-state index >= 15 is 0 Å². The van der Waals surface area contributed by atoms with Crippen LogP contribution in [-0.2, 0) is 13.1 Å². The zero-order chi connectivity index (χ0) is 23.1. The fourth-order valence-electron chi connectivity index (χ4n) is 7.00. The molecular weight excluding hydrogens is 446 g/mol. The van der Waals surface area contributed by atoms with Crippen molar-refractivity contribution in [2.45, 2.75) is 44.3 Å². The lowest BCUT2D eigenvalue weighted by atomic mass is 9.74. The lowest BCUT2D eigenvalue weighted by Gasteiger charge is -2.52. The molecule has 34 heavy (non-hydrogen) atoms. The van der Waals surface area contributed by atoms with Crippen LogP contribution in [0.3, 0.4) is 0 Å². The minimum atomic E-state index is 0.174. The first-order valence-corrected chi connectivity index (χ1v) is 13.2. The third-order valence-corrected chi connectivity index (χ3v) is 8.85. The number of hydrogen-bond donors (Lipinski definition) is 2. The van der Waals surface area contributed by atoms with Gasteiger partial charge in [0.1, 0.15) is 5.76 Å². The van der Waals surface area contributed by atoms with E-state index in [0.29, 0.717) is 29.5 Å². The zero-order valence-electron chi connectivity index (χ0n) is 19.7. The number of rotatable bonds is 6. The number of thiocarbonyl (C=S) groups is 1. The van der Waals surface area contributed by atoms with Crippen LogP contribution in [0.1, 0.15) is 36.6 Å². The van der Waals surface area contributed by atoms with Crippen LogP contribution in [0.2, 0.25) is 0 Å². The highest BCUT2D eigenvalue weighted by atomic mass is 32.1. The molecule has 4 saturated heterocycles. The Morgan fingerprint density at radius 2 is 2.03 bits per heavy atom. The van der Waals surface area contributed by atoms with Gasteiger partial charge in [-0.3, -0.25) is 9.69 Å². The van der Waals surface area contributed by atoms with E-state index in [4.69, 9.17) is 16.6 Å². The molecule has 8 heteroatoms. The summed E-state index contributed by atoms with van der Waals surface area (Å²) >= 11 is 5.48. The number of fused-ring (bicyclic) bond motifs is 7. The van der Waals surface area contributed by atoms with E-state index < -0.39 is 0 Å². The first kappa shape index (κ1) is 22.3. The van der Waals surface area contributed by atoms with Gasteiger partial charge in [-0.15, -0.1) is 0 Å². The molecule has 7 nitrogen and oxygen atoms in total. The Balaban J connectivity index is 1.00. The number of hydrogen-bond acceptors (Lipinski definition) is 5. The Hall–Kier alpha value is -2.16. The van der Waals surface area contributed by atoms with Crippen molar-refractivity contribution in [3.63, 3.8) is 0 Å². The molecular formula is C26H35N5O2S. The van der Waals surface area contributed by atoms with Crippen molar-refractivity contribution >= 4 is 17.3 Å². The molecule has 2 aromatic heterocycles. The second-order valence-corrected chi connectivity index (χ2v) is 11.2. The number of pyridine rings is 1. The molecule has 0 amide bonds. The molecule has 0 aromatic carbocycles. The largest absolute Gasteiger partial charge is 0.467 e. The van der Waals surface area contributed by atoms with Gasteiger partial charge in [0.05, 0.1) is 12.8 Å². The molecule has 4 fully saturated rings. The Labute approximate surface area is 206 Å². The number of piperidine rings is 4.